The summed E-state index contributed by atoms with van der Waals surface area (Å²) in [5, 5.41) is 29.5. The highest BCUT2D eigenvalue weighted by atomic mass is 31.3. The van der Waals surface area contributed by atoms with E-state index in [1.807, 2.05) is 0 Å². The van der Waals surface area contributed by atoms with Crippen LogP contribution in [0, 0.1) is 6.92 Å². The quantitative estimate of drug-likeness (QED) is 0.189. The Morgan fingerprint density at radius 3 is 2.46 bits per heavy atom. The van der Waals surface area contributed by atoms with Crippen LogP contribution in [0.25, 0.3) is 0 Å². The molecule has 35 heavy (non-hydrogen) atoms. The number of aromatic amines is 1. The number of aryl methyl sites for hydroxylation is 1. The van der Waals surface area contributed by atoms with Crippen molar-refractivity contribution in [1.29, 1.82) is 0 Å². The van der Waals surface area contributed by atoms with E-state index in [0.717, 1.165) is 4.57 Å². The molecule has 0 radical (unpaired) electrons. The fraction of sp³-hybridized carbons (Fsp3) is 0.688. The predicted octanol–water partition coefficient (Wildman–Crippen LogP) is -2.22. The van der Waals surface area contributed by atoms with Gasteiger partial charge < -0.3 is 34.6 Å². The SMILES string of the molecule is Cc1cn([C@H]2C[C@H](O)[C@@H](COP(=O)(O)OP(=O)(O)O[C@@H]3O[C@H](C)C(=O)[C@@H](O)[C@H]3O)O2)c(=O)[nH]c1=O. The van der Waals surface area contributed by atoms with Gasteiger partial charge in [-0.15, -0.1) is 0 Å². The predicted molar refractivity (Wildman–Crippen MR) is 110 cm³/mol. The maximum atomic E-state index is 12.1. The summed E-state index contributed by atoms with van der Waals surface area (Å²) in [5.41, 5.74) is -1.24. The Morgan fingerprint density at radius 2 is 1.80 bits per heavy atom. The molecule has 2 saturated heterocycles. The normalized spacial score (nSPS) is 34.9. The summed E-state index contributed by atoms with van der Waals surface area (Å²) in [6, 6.07) is 0. The van der Waals surface area contributed by atoms with Gasteiger partial charge >= 0.3 is 21.3 Å². The fourth-order valence-corrected chi connectivity index (χ4v) is 5.46. The van der Waals surface area contributed by atoms with Crippen molar-refractivity contribution in [2.24, 2.45) is 0 Å². The van der Waals surface area contributed by atoms with E-state index < -0.39 is 82.3 Å². The smallest absolute Gasteiger partial charge is 0.390 e. The molecule has 1 aromatic rings. The van der Waals surface area contributed by atoms with Crippen LogP contribution < -0.4 is 11.2 Å². The molecule has 3 rings (SSSR count). The largest absolute Gasteiger partial charge is 0.483 e. The molecule has 17 nitrogen and oxygen atoms in total. The van der Waals surface area contributed by atoms with Crippen LogP contribution in [0.15, 0.2) is 15.8 Å². The summed E-state index contributed by atoms with van der Waals surface area (Å²) in [4.78, 5) is 56.7. The van der Waals surface area contributed by atoms with Crippen LogP contribution in [0.2, 0.25) is 0 Å². The Bertz CT molecular complexity index is 1170. The highest BCUT2D eigenvalue weighted by Gasteiger charge is 2.47. The average molecular weight is 546 g/mol. The zero-order valence-electron chi connectivity index (χ0n) is 18.2. The first-order valence-corrected chi connectivity index (χ1v) is 13.0. The number of aliphatic hydroxyl groups excluding tert-OH is 3. The minimum atomic E-state index is -5.47. The Balaban J connectivity index is 1.59. The number of aliphatic hydroxyl groups is 3. The van der Waals surface area contributed by atoms with Crippen LogP contribution in [0.4, 0.5) is 0 Å². The van der Waals surface area contributed by atoms with Crippen molar-refractivity contribution in [1.82, 2.24) is 9.55 Å². The van der Waals surface area contributed by atoms with E-state index in [4.69, 9.17) is 9.47 Å². The number of nitrogens with zero attached hydrogens (tertiary/aromatic N) is 1. The third-order valence-electron chi connectivity index (χ3n) is 5.14. The molecule has 2 aliphatic heterocycles. The molecule has 0 aromatic carbocycles. The second-order valence-corrected chi connectivity index (χ2v) is 10.8. The number of hydrogen-bond acceptors (Lipinski definition) is 13. The molecule has 3 heterocycles. The minimum absolute atomic E-state index is 0.159. The number of Topliss-reactive ketones (excluding diaryl/α,β-unsaturated/α-hetero) is 1. The Hall–Kier alpha value is -1.59. The number of carbonyl (C=O) groups is 1. The number of H-pyrrole nitrogens is 1. The van der Waals surface area contributed by atoms with Crippen LogP contribution in [0.3, 0.4) is 0 Å². The zero-order chi connectivity index (χ0) is 26.3. The topological polar surface area (TPSA) is 253 Å². The molecule has 0 aliphatic carbocycles. The van der Waals surface area contributed by atoms with Gasteiger partial charge in [0, 0.05) is 18.2 Å². The summed E-state index contributed by atoms with van der Waals surface area (Å²) in [6.45, 7) is 1.76. The number of nitrogens with one attached hydrogen (secondary N) is 1. The summed E-state index contributed by atoms with van der Waals surface area (Å²) >= 11 is 0. The van der Waals surface area contributed by atoms with E-state index in [1.54, 1.807) is 0 Å². The molecule has 1 aromatic heterocycles. The van der Waals surface area contributed by atoms with E-state index >= 15 is 0 Å². The summed E-state index contributed by atoms with van der Waals surface area (Å²) < 4.78 is 48.7. The maximum absolute atomic E-state index is 12.1. The van der Waals surface area contributed by atoms with Gasteiger partial charge in [0.1, 0.15) is 30.6 Å². The molecule has 0 bridgehead atoms. The van der Waals surface area contributed by atoms with Crippen molar-refractivity contribution < 1.29 is 61.9 Å². The monoisotopic (exact) mass is 546 g/mol. The van der Waals surface area contributed by atoms with Gasteiger partial charge in [0.2, 0.25) is 0 Å². The highest BCUT2D eigenvalue weighted by molar-refractivity contribution is 7.61. The number of phosphoric acid groups is 2. The van der Waals surface area contributed by atoms with Gasteiger partial charge in [-0.1, -0.05) is 0 Å². The molecule has 0 spiro atoms. The van der Waals surface area contributed by atoms with E-state index in [0.29, 0.717) is 0 Å². The van der Waals surface area contributed by atoms with Gasteiger partial charge in [0.05, 0.1) is 12.7 Å². The van der Waals surface area contributed by atoms with E-state index in [-0.39, 0.29) is 12.0 Å². The molecule has 6 N–H and O–H groups in total. The third-order valence-corrected chi connectivity index (χ3v) is 7.74. The van der Waals surface area contributed by atoms with Crippen molar-refractivity contribution in [3.8, 4) is 0 Å². The zero-order valence-corrected chi connectivity index (χ0v) is 20.0. The second kappa shape index (κ2) is 10.4. The standard InChI is InChI=1S/C16H24N2O15P2/c1-6-4-18(16(24)17-14(6)23)10-3-8(19)9(31-10)5-29-34(25,26)33-35(27,28)32-15-13(22)12(21)11(20)7(2)30-15/h4,7-10,12-13,15,19,21-22H,3,5H2,1-2H3,(H,25,26)(H,27,28)(H,17,23,24)/t7-,8+,9-,10-,12-,13-,15+/m1/s1. The lowest BCUT2D eigenvalue weighted by molar-refractivity contribution is -0.226. The molecular weight excluding hydrogens is 522 g/mol. The molecular formula is C16H24N2O15P2. The molecule has 9 atom stereocenters. The van der Waals surface area contributed by atoms with Gasteiger partial charge in [-0.2, -0.15) is 4.31 Å². The maximum Gasteiger partial charge on any atom is 0.483 e. The van der Waals surface area contributed by atoms with E-state index in [9.17, 15) is 48.6 Å². The number of rotatable bonds is 8. The van der Waals surface area contributed by atoms with Crippen LogP contribution >= 0.6 is 15.6 Å². The Morgan fingerprint density at radius 1 is 1.14 bits per heavy atom. The lowest BCUT2D eigenvalue weighted by atomic mass is 10.0. The third kappa shape index (κ3) is 6.60. The lowest BCUT2D eigenvalue weighted by Gasteiger charge is -2.34. The first-order valence-electron chi connectivity index (χ1n) is 10.0. The first kappa shape index (κ1) is 28.0. The Kier molecular flexibility index (Phi) is 8.33. The Labute approximate surface area is 196 Å². The van der Waals surface area contributed by atoms with Gasteiger partial charge in [-0.05, 0) is 13.8 Å². The molecule has 198 valence electrons. The van der Waals surface area contributed by atoms with Crippen molar-refractivity contribution in [3.63, 3.8) is 0 Å². The van der Waals surface area contributed by atoms with Crippen molar-refractivity contribution in [3.05, 3.63) is 32.6 Å². The van der Waals surface area contributed by atoms with Crippen molar-refractivity contribution in [2.45, 2.75) is 63.3 Å². The highest BCUT2D eigenvalue weighted by Crippen LogP contribution is 2.61. The second-order valence-electron chi connectivity index (χ2n) is 7.82. The molecule has 0 saturated carbocycles. The van der Waals surface area contributed by atoms with Crippen LogP contribution in [-0.2, 0) is 36.8 Å². The lowest BCUT2D eigenvalue weighted by Crippen LogP contribution is -2.54. The minimum Gasteiger partial charge on any atom is -0.390 e. The molecule has 19 heteroatoms. The molecule has 2 unspecified atom stereocenters. The summed E-state index contributed by atoms with van der Waals surface area (Å²) in [7, 11) is -10.8. The van der Waals surface area contributed by atoms with Gasteiger partial charge in [0.15, 0.2) is 12.1 Å². The van der Waals surface area contributed by atoms with Gasteiger partial charge in [-0.25, -0.2) is 13.9 Å². The number of hydrogen-bond donors (Lipinski definition) is 6. The fourth-order valence-electron chi connectivity index (χ4n) is 3.30. The number of ether oxygens (including phenoxy) is 2. The summed E-state index contributed by atoms with van der Waals surface area (Å²) in [5.74, 6) is -0.921. The first-order chi connectivity index (χ1) is 16.1. The van der Waals surface area contributed by atoms with Gasteiger partial charge in [0.25, 0.3) is 5.56 Å². The summed E-state index contributed by atoms with van der Waals surface area (Å²) in [6.07, 6.45) is -10.1. The van der Waals surface area contributed by atoms with Crippen LogP contribution in [0.5, 0.6) is 0 Å². The van der Waals surface area contributed by atoms with Crippen molar-refractivity contribution in [2.75, 3.05) is 6.61 Å². The van der Waals surface area contributed by atoms with Crippen LogP contribution in [0.1, 0.15) is 25.1 Å². The van der Waals surface area contributed by atoms with E-state index in [1.165, 1.54) is 20.0 Å². The van der Waals surface area contributed by atoms with E-state index in [2.05, 4.69) is 18.3 Å². The molecule has 0 amide bonds. The number of carbonyl (C=O) groups excluding carboxylic acids is 1. The van der Waals surface area contributed by atoms with Crippen LogP contribution in [-0.4, -0.2) is 83.9 Å². The number of phosphoric ester groups is 2. The number of ketones is 1. The number of aromatic nitrogens is 2. The average Bonchev–Trinajstić information content (AvgIpc) is 3.11. The molecule has 2 aliphatic rings. The molecule has 2 fully saturated rings. The van der Waals surface area contributed by atoms with Crippen molar-refractivity contribution >= 4 is 21.4 Å². The van der Waals surface area contributed by atoms with Gasteiger partial charge in [-0.3, -0.25) is 28.2 Å².